The van der Waals surface area contributed by atoms with Gasteiger partial charge in [-0.2, -0.15) is 0 Å². The second-order valence-electron chi connectivity index (χ2n) is 5.39. The van der Waals surface area contributed by atoms with E-state index in [1.165, 1.54) is 18.5 Å². The van der Waals surface area contributed by atoms with Gasteiger partial charge in [-0.05, 0) is 24.3 Å². The molecule has 3 rings (SSSR count). The number of nitrogens with zero attached hydrogens (tertiary/aromatic N) is 1. The molecule has 0 radical (unpaired) electrons. The Hall–Kier alpha value is -3.26. The van der Waals surface area contributed by atoms with E-state index >= 15 is 0 Å². The highest BCUT2D eigenvalue weighted by Gasteiger charge is 2.13. The monoisotopic (exact) mass is 391 g/mol. The summed E-state index contributed by atoms with van der Waals surface area (Å²) in [5.74, 6) is -2.24. The molecule has 0 unspecified atom stereocenters. The van der Waals surface area contributed by atoms with E-state index in [1.54, 1.807) is 12.1 Å². The standard InChI is InChI=1S/C18H12ClF2N3O3/c19-13-6-11(9-24-17(13)26)16(25)23-8-10-2-1-5-22-18(10)27-15-4-3-12(20)7-14(15)21/h1-7,9H,8H2,(H,23,25)(H,24,26). The molecular formula is C18H12ClF2N3O3. The fourth-order valence-corrected chi connectivity index (χ4v) is 2.35. The predicted octanol–water partition coefficient (Wildman–Crippen LogP) is 3.42. The number of pyridine rings is 2. The lowest BCUT2D eigenvalue weighted by Gasteiger charge is -2.11. The quantitative estimate of drug-likeness (QED) is 0.698. The Morgan fingerprint density at radius 3 is 2.81 bits per heavy atom. The Morgan fingerprint density at radius 1 is 1.26 bits per heavy atom. The fraction of sp³-hybridized carbons (Fsp3) is 0.0556. The van der Waals surface area contributed by atoms with E-state index in [1.807, 2.05) is 0 Å². The lowest BCUT2D eigenvalue weighted by molar-refractivity contribution is 0.0950. The van der Waals surface area contributed by atoms with Crippen LogP contribution in [-0.2, 0) is 6.54 Å². The molecule has 0 saturated carbocycles. The first kappa shape index (κ1) is 18.5. The molecule has 27 heavy (non-hydrogen) atoms. The average Bonchev–Trinajstić information content (AvgIpc) is 2.65. The molecule has 0 atom stereocenters. The van der Waals surface area contributed by atoms with Gasteiger partial charge in [-0.15, -0.1) is 0 Å². The van der Waals surface area contributed by atoms with Crippen molar-refractivity contribution in [2.45, 2.75) is 6.54 Å². The molecular weight excluding hydrogens is 380 g/mol. The van der Waals surface area contributed by atoms with Gasteiger partial charge in [0.25, 0.3) is 11.5 Å². The molecule has 2 aromatic heterocycles. The summed E-state index contributed by atoms with van der Waals surface area (Å²) in [7, 11) is 0. The molecule has 1 aromatic carbocycles. The molecule has 9 heteroatoms. The highest BCUT2D eigenvalue weighted by Crippen LogP contribution is 2.26. The normalized spacial score (nSPS) is 10.5. The Balaban J connectivity index is 1.75. The summed E-state index contributed by atoms with van der Waals surface area (Å²) in [6, 6.07) is 7.38. The minimum atomic E-state index is -0.876. The Bertz CT molecular complexity index is 1060. The highest BCUT2D eigenvalue weighted by molar-refractivity contribution is 6.30. The number of hydrogen-bond donors (Lipinski definition) is 2. The zero-order valence-electron chi connectivity index (χ0n) is 13.6. The van der Waals surface area contributed by atoms with Crippen LogP contribution in [0.2, 0.25) is 5.02 Å². The summed E-state index contributed by atoms with van der Waals surface area (Å²) in [5, 5.41) is 2.51. The molecule has 0 spiro atoms. The summed E-state index contributed by atoms with van der Waals surface area (Å²) in [4.78, 5) is 29.8. The minimum Gasteiger partial charge on any atom is -0.436 e. The van der Waals surface area contributed by atoms with Crippen molar-refractivity contribution in [1.82, 2.24) is 15.3 Å². The largest absolute Gasteiger partial charge is 0.436 e. The van der Waals surface area contributed by atoms with E-state index in [0.29, 0.717) is 11.6 Å². The Labute approximate surface area is 156 Å². The van der Waals surface area contributed by atoms with Crippen molar-refractivity contribution in [1.29, 1.82) is 0 Å². The van der Waals surface area contributed by atoms with Crippen LogP contribution >= 0.6 is 11.6 Å². The molecule has 0 aliphatic carbocycles. The molecule has 3 aromatic rings. The van der Waals surface area contributed by atoms with E-state index in [9.17, 15) is 18.4 Å². The average molecular weight is 392 g/mol. The van der Waals surface area contributed by atoms with Crippen molar-refractivity contribution in [2.24, 2.45) is 0 Å². The minimum absolute atomic E-state index is 0.0154. The van der Waals surface area contributed by atoms with Crippen LogP contribution in [0, 0.1) is 11.6 Å². The third-order valence-corrected chi connectivity index (χ3v) is 3.79. The van der Waals surface area contributed by atoms with Gasteiger partial charge in [0.05, 0.1) is 5.56 Å². The van der Waals surface area contributed by atoms with Gasteiger partial charge >= 0.3 is 0 Å². The van der Waals surface area contributed by atoms with Crippen LogP contribution < -0.4 is 15.6 Å². The number of H-pyrrole nitrogens is 1. The topological polar surface area (TPSA) is 84.1 Å². The summed E-state index contributed by atoms with van der Waals surface area (Å²) in [6.07, 6.45) is 2.67. The highest BCUT2D eigenvalue weighted by atomic mass is 35.5. The second-order valence-corrected chi connectivity index (χ2v) is 5.80. The SMILES string of the molecule is O=C(NCc1cccnc1Oc1ccc(F)cc1F)c1c[nH]c(=O)c(Cl)c1. The van der Waals surface area contributed by atoms with Crippen molar-refractivity contribution < 1.29 is 18.3 Å². The number of halogens is 3. The van der Waals surface area contributed by atoms with Crippen LogP contribution in [0.25, 0.3) is 0 Å². The lowest BCUT2D eigenvalue weighted by atomic mass is 10.2. The number of aromatic nitrogens is 2. The van der Waals surface area contributed by atoms with E-state index < -0.39 is 23.1 Å². The zero-order chi connectivity index (χ0) is 19.4. The van der Waals surface area contributed by atoms with Gasteiger partial charge in [0.15, 0.2) is 11.6 Å². The molecule has 0 fully saturated rings. The third-order valence-electron chi connectivity index (χ3n) is 3.51. The molecule has 6 nitrogen and oxygen atoms in total. The number of carbonyl (C=O) groups excluding carboxylic acids is 1. The first-order valence-electron chi connectivity index (χ1n) is 7.67. The van der Waals surface area contributed by atoms with Gasteiger partial charge in [0.2, 0.25) is 5.88 Å². The lowest BCUT2D eigenvalue weighted by Crippen LogP contribution is -2.24. The van der Waals surface area contributed by atoms with Crippen LogP contribution in [0.1, 0.15) is 15.9 Å². The van der Waals surface area contributed by atoms with Crippen molar-refractivity contribution in [3.63, 3.8) is 0 Å². The van der Waals surface area contributed by atoms with E-state index in [2.05, 4.69) is 15.3 Å². The number of amides is 1. The van der Waals surface area contributed by atoms with Crippen LogP contribution in [0.4, 0.5) is 8.78 Å². The van der Waals surface area contributed by atoms with Gasteiger partial charge in [0, 0.05) is 30.6 Å². The number of nitrogens with one attached hydrogen (secondary N) is 2. The predicted molar refractivity (Wildman–Crippen MR) is 93.9 cm³/mol. The molecule has 2 N–H and O–H groups in total. The number of rotatable bonds is 5. The molecule has 0 aliphatic rings. The smallest absolute Gasteiger partial charge is 0.266 e. The first-order valence-corrected chi connectivity index (χ1v) is 8.05. The van der Waals surface area contributed by atoms with Gasteiger partial charge in [-0.25, -0.2) is 13.8 Å². The number of benzene rings is 1. The number of carbonyl (C=O) groups is 1. The van der Waals surface area contributed by atoms with Crippen LogP contribution in [0.3, 0.4) is 0 Å². The van der Waals surface area contributed by atoms with E-state index in [0.717, 1.165) is 12.1 Å². The maximum Gasteiger partial charge on any atom is 0.266 e. The zero-order valence-corrected chi connectivity index (χ0v) is 14.4. The van der Waals surface area contributed by atoms with Crippen molar-refractivity contribution in [3.05, 3.63) is 86.9 Å². The van der Waals surface area contributed by atoms with E-state index in [4.69, 9.17) is 16.3 Å². The van der Waals surface area contributed by atoms with Gasteiger partial charge in [0.1, 0.15) is 10.8 Å². The molecule has 2 heterocycles. The van der Waals surface area contributed by atoms with E-state index in [-0.39, 0.29) is 28.8 Å². The van der Waals surface area contributed by atoms with Crippen molar-refractivity contribution in [2.75, 3.05) is 0 Å². The Morgan fingerprint density at radius 2 is 2.07 bits per heavy atom. The number of aromatic amines is 1. The van der Waals surface area contributed by atoms with Crippen LogP contribution in [0.5, 0.6) is 11.6 Å². The van der Waals surface area contributed by atoms with Gasteiger partial charge in [-0.1, -0.05) is 17.7 Å². The van der Waals surface area contributed by atoms with Crippen LogP contribution in [0.15, 0.2) is 53.6 Å². The van der Waals surface area contributed by atoms with Crippen molar-refractivity contribution >= 4 is 17.5 Å². The van der Waals surface area contributed by atoms with Crippen LogP contribution in [-0.4, -0.2) is 15.9 Å². The first-order chi connectivity index (χ1) is 12.9. The fourth-order valence-electron chi connectivity index (χ4n) is 2.18. The summed E-state index contributed by atoms with van der Waals surface area (Å²) in [5.41, 5.74) is 0.123. The molecule has 0 bridgehead atoms. The molecule has 0 saturated heterocycles. The van der Waals surface area contributed by atoms with Gasteiger partial charge in [-0.3, -0.25) is 9.59 Å². The number of ether oxygens (including phenoxy) is 1. The van der Waals surface area contributed by atoms with Crippen molar-refractivity contribution in [3.8, 4) is 11.6 Å². The summed E-state index contributed by atoms with van der Waals surface area (Å²) < 4.78 is 32.2. The summed E-state index contributed by atoms with van der Waals surface area (Å²) in [6.45, 7) is 0.0154. The molecule has 0 aliphatic heterocycles. The van der Waals surface area contributed by atoms with Gasteiger partial charge < -0.3 is 15.0 Å². The summed E-state index contributed by atoms with van der Waals surface area (Å²) >= 11 is 5.70. The number of hydrogen-bond acceptors (Lipinski definition) is 4. The Kier molecular flexibility index (Phi) is 5.46. The molecule has 1 amide bonds. The second kappa shape index (κ2) is 7.96. The molecule has 138 valence electrons. The third kappa shape index (κ3) is 4.48. The maximum absolute atomic E-state index is 13.8. The maximum atomic E-state index is 13.8.